The number of carbonyl (C=O) groups is 2. The summed E-state index contributed by atoms with van der Waals surface area (Å²) in [7, 11) is 1.53. The number of alkyl halides is 3. The van der Waals surface area contributed by atoms with Gasteiger partial charge in [0.05, 0.1) is 17.2 Å². The molecule has 0 atom stereocenters. The Hall–Kier alpha value is -3.89. The lowest BCUT2D eigenvalue weighted by molar-refractivity contribution is -0.137. The summed E-state index contributed by atoms with van der Waals surface area (Å²) in [6.45, 7) is 0.708. The van der Waals surface area contributed by atoms with Crippen molar-refractivity contribution < 1.29 is 32.2 Å². The molecule has 36 heavy (non-hydrogen) atoms. The van der Waals surface area contributed by atoms with E-state index in [4.69, 9.17) is 21.1 Å². The maximum atomic E-state index is 13.0. The second kappa shape index (κ2) is 12.2. The molecule has 0 spiro atoms. The topological polar surface area (TPSA) is 89.5 Å². The predicted octanol–water partition coefficient (Wildman–Crippen LogP) is 5.57. The summed E-state index contributed by atoms with van der Waals surface area (Å²) in [6.07, 6.45) is -0.549. The van der Waals surface area contributed by atoms with Gasteiger partial charge in [-0.1, -0.05) is 23.7 Å². The van der Waals surface area contributed by atoms with Crippen LogP contribution in [0.5, 0.6) is 11.5 Å². The molecule has 11 heteroatoms. The number of amides is 2. The Balaban J connectivity index is 1.64. The minimum Gasteiger partial charge on any atom is -0.457 e. The first-order chi connectivity index (χ1) is 17.2. The molecule has 2 aromatic carbocycles. The highest BCUT2D eigenvalue weighted by molar-refractivity contribution is 6.31. The fraction of sp³-hybridized carbons (Fsp3) is 0.160. The van der Waals surface area contributed by atoms with Crippen LogP contribution in [0.4, 0.5) is 18.9 Å². The minimum atomic E-state index is -4.64. The lowest BCUT2D eigenvalue weighted by atomic mass is 10.2. The number of hydrogen-bond donors (Lipinski definition) is 2. The molecule has 0 saturated carbocycles. The van der Waals surface area contributed by atoms with Gasteiger partial charge in [-0.3, -0.25) is 14.6 Å². The number of pyridine rings is 1. The van der Waals surface area contributed by atoms with Crippen LogP contribution in [0.3, 0.4) is 0 Å². The number of nitrogens with zero attached hydrogens (tertiary/aromatic N) is 1. The largest absolute Gasteiger partial charge is 0.457 e. The summed E-state index contributed by atoms with van der Waals surface area (Å²) in [4.78, 5) is 28.4. The van der Waals surface area contributed by atoms with Gasteiger partial charge in [0, 0.05) is 37.7 Å². The van der Waals surface area contributed by atoms with Crippen LogP contribution in [0.1, 0.15) is 21.6 Å². The van der Waals surface area contributed by atoms with Gasteiger partial charge in [-0.2, -0.15) is 13.2 Å². The molecule has 2 amide bonds. The number of hydrogen-bond acceptors (Lipinski definition) is 5. The molecule has 0 saturated heterocycles. The number of rotatable bonds is 9. The third kappa shape index (κ3) is 7.82. The molecule has 2 N–H and O–H groups in total. The van der Waals surface area contributed by atoms with Crippen LogP contribution < -0.4 is 15.4 Å². The normalized spacial score (nSPS) is 11.4. The molecule has 3 rings (SSSR count). The second-order valence-corrected chi connectivity index (χ2v) is 7.72. The zero-order valence-corrected chi connectivity index (χ0v) is 19.7. The van der Waals surface area contributed by atoms with Gasteiger partial charge in [0.25, 0.3) is 5.91 Å². The minimum absolute atomic E-state index is 0.0433. The third-order valence-electron chi connectivity index (χ3n) is 4.62. The maximum Gasteiger partial charge on any atom is 0.417 e. The Morgan fingerprint density at radius 2 is 1.86 bits per heavy atom. The summed E-state index contributed by atoms with van der Waals surface area (Å²) < 4.78 is 49.7. The van der Waals surface area contributed by atoms with Crippen molar-refractivity contribution in [3.05, 3.63) is 88.7 Å². The van der Waals surface area contributed by atoms with E-state index < -0.39 is 22.7 Å². The summed E-state index contributed by atoms with van der Waals surface area (Å²) in [5.74, 6) is -0.191. The van der Waals surface area contributed by atoms with Crippen LogP contribution in [0, 0.1) is 0 Å². The van der Waals surface area contributed by atoms with E-state index in [0.717, 1.165) is 12.1 Å². The SMILES string of the molecule is COCCNC(=O)c1cc(Oc2cccc(/C=C/C(=O)Nc3ccc(Cl)c(C(F)(F)F)c3)c2)ccn1. The van der Waals surface area contributed by atoms with Crippen LogP contribution >= 0.6 is 11.6 Å². The number of methoxy groups -OCH3 is 1. The lowest BCUT2D eigenvalue weighted by Crippen LogP contribution is -2.27. The van der Waals surface area contributed by atoms with Crippen LogP contribution in [0.25, 0.3) is 6.08 Å². The van der Waals surface area contributed by atoms with Gasteiger partial charge in [-0.15, -0.1) is 0 Å². The molecule has 1 aromatic heterocycles. The van der Waals surface area contributed by atoms with E-state index in [2.05, 4.69) is 15.6 Å². The number of aromatic nitrogens is 1. The van der Waals surface area contributed by atoms with Crippen molar-refractivity contribution in [1.82, 2.24) is 10.3 Å². The molecule has 3 aromatic rings. The Morgan fingerprint density at radius 1 is 1.08 bits per heavy atom. The first-order valence-corrected chi connectivity index (χ1v) is 10.9. The number of anilines is 1. The van der Waals surface area contributed by atoms with Gasteiger partial charge in [-0.05, 0) is 48.0 Å². The molecule has 0 aliphatic heterocycles. The number of ether oxygens (including phenoxy) is 2. The molecule has 0 fully saturated rings. The van der Waals surface area contributed by atoms with Crippen molar-refractivity contribution in [3.63, 3.8) is 0 Å². The number of nitrogens with one attached hydrogen (secondary N) is 2. The first-order valence-electron chi connectivity index (χ1n) is 10.5. The molecule has 1 heterocycles. The Labute approximate surface area is 209 Å². The van der Waals surface area contributed by atoms with Crippen LogP contribution in [0.15, 0.2) is 66.9 Å². The zero-order valence-electron chi connectivity index (χ0n) is 18.9. The molecule has 0 bridgehead atoms. The lowest BCUT2D eigenvalue weighted by Gasteiger charge is -2.11. The Kier molecular flexibility index (Phi) is 9.04. The molecule has 7 nitrogen and oxygen atoms in total. The van der Waals surface area contributed by atoms with Crippen molar-refractivity contribution in [1.29, 1.82) is 0 Å². The van der Waals surface area contributed by atoms with E-state index in [1.165, 1.54) is 37.6 Å². The van der Waals surface area contributed by atoms with Gasteiger partial charge >= 0.3 is 6.18 Å². The first kappa shape index (κ1) is 26.7. The number of carbonyl (C=O) groups excluding carboxylic acids is 2. The van der Waals surface area contributed by atoms with Crippen LogP contribution in [-0.2, 0) is 15.7 Å². The van der Waals surface area contributed by atoms with Crippen molar-refractivity contribution >= 4 is 35.2 Å². The van der Waals surface area contributed by atoms with Gasteiger partial charge in [0.1, 0.15) is 17.2 Å². The summed E-state index contributed by atoms with van der Waals surface area (Å²) in [5.41, 5.74) is -0.311. The molecule has 0 radical (unpaired) electrons. The second-order valence-electron chi connectivity index (χ2n) is 7.32. The van der Waals surface area contributed by atoms with Gasteiger partial charge in [0.15, 0.2) is 0 Å². The smallest absolute Gasteiger partial charge is 0.417 e. The van der Waals surface area contributed by atoms with E-state index in [1.807, 2.05) is 0 Å². The van der Waals surface area contributed by atoms with Crippen molar-refractivity contribution in [2.75, 3.05) is 25.6 Å². The van der Waals surface area contributed by atoms with E-state index in [0.29, 0.717) is 30.2 Å². The quantitative estimate of drug-likeness (QED) is 0.285. The summed E-state index contributed by atoms with van der Waals surface area (Å²) in [6, 6.07) is 12.9. The molecule has 0 aliphatic carbocycles. The highest BCUT2D eigenvalue weighted by Crippen LogP contribution is 2.36. The van der Waals surface area contributed by atoms with Gasteiger partial charge in [-0.25, -0.2) is 0 Å². The monoisotopic (exact) mass is 519 g/mol. The van der Waals surface area contributed by atoms with E-state index >= 15 is 0 Å². The van der Waals surface area contributed by atoms with E-state index in [9.17, 15) is 22.8 Å². The Bertz CT molecular complexity index is 1270. The summed E-state index contributed by atoms with van der Waals surface area (Å²) in [5, 5.41) is 4.58. The fourth-order valence-electron chi connectivity index (χ4n) is 2.95. The number of halogens is 4. The van der Waals surface area contributed by atoms with Gasteiger partial charge < -0.3 is 20.1 Å². The summed E-state index contributed by atoms with van der Waals surface area (Å²) >= 11 is 5.59. The van der Waals surface area contributed by atoms with E-state index in [1.54, 1.807) is 30.3 Å². The molecular weight excluding hydrogens is 499 g/mol. The van der Waals surface area contributed by atoms with Crippen molar-refractivity contribution in [2.24, 2.45) is 0 Å². The predicted molar refractivity (Wildman–Crippen MR) is 129 cm³/mol. The van der Waals surface area contributed by atoms with Crippen molar-refractivity contribution in [3.8, 4) is 11.5 Å². The average Bonchev–Trinajstić information content (AvgIpc) is 2.84. The third-order valence-corrected chi connectivity index (χ3v) is 4.95. The Morgan fingerprint density at radius 3 is 2.61 bits per heavy atom. The molecule has 0 unspecified atom stereocenters. The molecule has 0 aliphatic rings. The highest BCUT2D eigenvalue weighted by atomic mass is 35.5. The molecular formula is C25H21ClF3N3O4. The van der Waals surface area contributed by atoms with E-state index in [-0.39, 0.29) is 17.3 Å². The zero-order chi connectivity index (χ0) is 26.1. The average molecular weight is 520 g/mol. The number of benzene rings is 2. The standard InChI is InChI=1S/C25H21ClF3N3O4/c1-35-12-11-31-24(34)22-15-19(9-10-30-22)36-18-4-2-3-16(13-18)5-8-23(33)32-17-6-7-21(26)20(14-17)25(27,28)29/h2-10,13-15H,11-12H2,1H3,(H,31,34)(H,32,33)/b8-5+. The molecule has 188 valence electrons. The fourth-order valence-corrected chi connectivity index (χ4v) is 3.17. The van der Waals surface area contributed by atoms with Crippen molar-refractivity contribution in [2.45, 2.75) is 6.18 Å². The van der Waals surface area contributed by atoms with Crippen LogP contribution in [0.2, 0.25) is 5.02 Å². The van der Waals surface area contributed by atoms with Crippen LogP contribution in [-0.4, -0.2) is 37.1 Å². The maximum absolute atomic E-state index is 13.0. The van der Waals surface area contributed by atoms with Gasteiger partial charge in [0.2, 0.25) is 5.91 Å². The highest BCUT2D eigenvalue weighted by Gasteiger charge is 2.33.